The summed E-state index contributed by atoms with van der Waals surface area (Å²) in [7, 11) is 4.40. The molecule has 2 rings (SSSR count). The zero-order valence-electron chi connectivity index (χ0n) is 14.4. The Bertz CT molecular complexity index is 792. The molecule has 2 aromatic carbocycles. The van der Waals surface area contributed by atoms with Gasteiger partial charge in [-0.3, -0.25) is 4.79 Å². The van der Waals surface area contributed by atoms with Crippen molar-refractivity contribution in [2.75, 3.05) is 21.3 Å². The highest BCUT2D eigenvalue weighted by Crippen LogP contribution is 2.36. The Hall–Kier alpha value is -2.41. The minimum Gasteiger partial charge on any atom is -0.493 e. The molecule has 140 valence electrons. The predicted octanol–water partition coefficient (Wildman–Crippen LogP) is 4.65. The van der Waals surface area contributed by atoms with Crippen molar-refractivity contribution in [3.63, 3.8) is 0 Å². The molecule has 0 heterocycles. The Morgan fingerprint density at radius 1 is 1.12 bits per heavy atom. The van der Waals surface area contributed by atoms with Crippen LogP contribution >= 0.6 is 11.6 Å². The van der Waals surface area contributed by atoms with Gasteiger partial charge in [-0.25, -0.2) is 0 Å². The van der Waals surface area contributed by atoms with Crippen LogP contribution < -0.4 is 9.47 Å². The van der Waals surface area contributed by atoms with Crippen LogP contribution in [-0.4, -0.2) is 32.1 Å². The Morgan fingerprint density at radius 3 is 2.23 bits per heavy atom. The number of hydrogen-bond acceptors (Lipinski definition) is 3. The molecular weight excluding hydrogens is 371 g/mol. The molecule has 0 saturated carbocycles. The second-order valence-electron chi connectivity index (χ2n) is 5.55. The molecule has 0 aliphatic rings. The predicted molar refractivity (Wildman–Crippen MR) is 91.8 cm³/mol. The number of hydrogen-bond donors (Lipinski definition) is 0. The number of alkyl halides is 3. The van der Waals surface area contributed by atoms with Gasteiger partial charge in [-0.2, -0.15) is 13.2 Å². The maximum absolute atomic E-state index is 12.6. The first kappa shape index (κ1) is 19.9. The minimum absolute atomic E-state index is 0.142. The number of carbonyl (C=O) groups excluding carboxylic acids is 1. The van der Waals surface area contributed by atoms with E-state index >= 15 is 0 Å². The van der Waals surface area contributed by atoms with E-state index in [9.17, 15) is 18.0 Å². The van der Waals surface area contributed by atoms with Crippen LogP contribution in [0.25, 0.3) is 0 Å². The van der Waals surface area contributed by atoms with Gasteiger partial charge in [0, 0.05) is 19.2 Å². The van der Waals surface area contributed by atoms with Crippen LogP contribution in [0.3, 0.4) is 0 Å². The van der Waals surface area contributed by atoms with E-state index in [2.05, 4.69) is 0 Å². The number of carbonyl (C=O) groups is 1. The number of amides is 1. The van der Waals surface area contributed by atoms with Gasteiger partial charge in [-0.1, -0.05) is 23.7 Å². The fourth-order valence-corrected chi connectivity index (χ4v) is 2.69. The molecule has 1 amide bonds. The Balaban J connectivity index is 2.18. The highest BCUT2D eigenvalue weighted by atomic mass is 35.5. The third-order valence-corrected chi connectivity index (χ3v) is 4.01. The first-order valence-corrected chi connectivity index (χ1v) is 7.88. The van der Waals surface area contributed by atoms with E-state index in [0.29, 0.717) is 17.1 Å². The molecule has 2 aromatic rings. The molecule has 0 aliphatic heterocycles. The quantitative estimate of drug-likeness (QED) is 0.749. The fraction of sp³-hybridized carbons (Fsp3) is 0.278. The molecule has 0 aliphatic carbocycles. The van der Waals surface area contributed by atoms with Gasteiger partial charge in [0.1, 0.15) is 0 Å². The largest absolute Gasteiger partial charge is 0.493 e. The molecule has 0 unspecified atom stereocenters. The van der Waals surface area contributed by atoms with Gasteiger partial charge in [0.05, 0.1) is 24.8 Å². The van der Waals surface area contributed by atoms with Gasteiger partial charge in [0.25, 0.3) is 5.91 Å². The first-order valence-electron chi connectivity index (χ1n) is 7.50. The number of nitrogens with zero attached hydrogens (tertiary/aromatic N) is 1. The van der Waals surface area contributed by atoms with Crippen LogP contribution in [0.2, 0.25) is 5.02 Å². The van der Waals surface area contributed by atoms with Crippen molar-refractivity contribution in [2.24, 2.45) is 0 Å². The van der Waals surface area contributed by atoms with Crippen LogP contribution in [0, 0.1) is 0 Å². The zero-order chi connectivity index (χ0) is 19.5. The van der Waals surface area contributed by atoms with Gasteiger partial charge in [0.2, 0.25) is 0 Å². The molecule has 0 N–H and O–H groups in total. The molecule has 0 aromatic heterocycles. The molecule has 0 saturated heterocycles. The van der Waals surface area contributed by atoms with Gasteiger partial charge >= 0.3 is 6.18 Å². The molecular formula is C18H17ClF3NO3. The highest BCUT2D eigenvalue weighted by molar-refractivity contribution is 6.32. The molecule has 0 radical (unpaired) electrons. The van der Waals surface area contributed by atoms with Crippen molar-refractivity contribution >= 4 is 17.5 Å². The van der Waals surface area contributed by atoms with E-state index < -0.39 is 11.7 Å². The monoisotopic (exact) mass is 387 g/mol. The molecule has 0 bridgehead atoms. The lowest BCUT2D eigenvalue weighted by atomic mass is 10.1. The van der Waals surface area contributed by atoms with E-state index in [0.717, 1.165) is 12.1 Å². The molecule has 0 fully saturated rings. The smallest absolute Gasteiger partial charge is 0.416 e. The lowest BCUT2D eigenvalue weighted by Gasteiger charge is -2.19. The third kappa shape index (κ3) is 4.40. The van der Waals surface area contributed by atoms with E-state index in [1.54, 1.807) is 7.05 Å². The summed E-state index contributed by atoms with van der Waals surface area (Å²) in [5.41, 5.74) is 0.115. The standard InChI is InChI=1S/C18H17ClF3NO3/c1-23(10-11-4-6-13(7-5-11)18(20,21)22)17(24)12-8-14(19)16(26-3)15(9-12)25-2/h4-9H,10H2,1-3H3. The summed E-state index contributed by atoms with van der Waals surface area (Å²) >= 11 is 6.10. The number of rotatable bonds is 5. The van der Waals surface area contributed by atoms with E-state index in [4.69, 9.17) is 21.1 Å². The number of benzene rings is 2. The van der Waals surface area contributed by atoms with Crippen LogP contribution in [0.15, 0.2) is 36.4 Å². The lowest BCUT2D eigenvalue weighted by molar-refractivity contribution is -0.137. The highest BCUT2D eigenvalue weighted by Gasteiger charge is 2.30. The normalized spacial score (nSPS) is 11.2. The summed E-state index contributed by atoms with van der Waals surface area (Å²) in [6, 6.07) is 7.61. The average molecular weight is 388 g/mol. The van der Waals surface area contributed by atoms with Crippen LogP contribution in [0.5, 0.6) is 11.5 Å². The van der Waals surface area contributed by atoms with Crippen molar-refractivity contribution in [3.05, 3.63) is 58.1 Å². The van der Waals surface area contributed by atoms with E-state index in [1.165, 1.54) is 43.4 Å². The topological polar surface area (TPSA) is 38.8 Å². The number of ether oxygens (including phenoxy) is 2. The van der Waals surface area contributed by atoms with Gasteiger partial charge < -0.3 is 14.4 Å². The number of methoxy groups -OCH3 is 2. The van der Waals surface area contributed by atoms with Crippen LogP contribution in [0.4, 0.5) is 13.2 Å². The maximum atomic E-state index is 12.6. The Labute approximate surface area is 154 Å². The maximum Gasteiger partial charge on any atom is 0.416 e. The first-order chi connectivity index (χ1) is 12.2. The Kier molecular flexibility index (Phi) is 6.02. The van der Waals surface area contributed by atoms with E-state index in [1.807, 2.05) is 0 Å². The van der Waals surface area contributed by atoms with Gasteiger partial charge in [0.15, 0.2) is 11.5 Å². The van der Waals surface area contributed by atoms with Crippen LogP contribution in [0.1, 0.15) is 21.5 Å². The van der Waals surface area contributed by atoms with Crippen LogP contribution in [-0.2, 0) is 12.7 Å². The van der Waals surface area contributed by atoms with Crippen molar-refractivity contribution in [3.8, 4) is 11.5 Å². The summed E-state index contributed by atoms with van der Waals surface area (Å²) in [5, 5.41) is 0.220. The Morgan fingerprint density at radius 2 is 1.73 bits per heavy atom. The molecule has 0 spiro atoms. The molecule has 26 heavy (non-hydrogen) atoms. The summed E-state index contributed by atoms with van der Waals surface area (Å²) in [4.78, 5) is 14.0. The minimum atomic E-state index is -4.39. The van der Waals surface area contributed by atoms with Crippen molar-refractivity contribution in [1.82, 2.24) is 4.90 Å². The number of halogens is 4. The second kappa shape index (κ2) is 7.86. The van der Waals surface area contributed by atoms with Crippen molar-refractivity contribution in [1.29, 1.82) is 0 Å². The second-order valence-corrected chi connectivity index (χ2v) is 5.96. The summed E-state index contributed by atoms with van der Waals surface area (Å²) in [5.74, 6) is 0.273. The van der Waals surface area contributed by atoms with E-state index in [-0.39, 0.29) is 23.0 Å². The fourth-order valence-electron chi connectivity index (χ4n) is 2.41. The average Bonchev–Trinajstić information content (AvgIpc) is 2.59. The SMILES string of the molecule is COc1cc(C(=O)N(C)Cc2ccc(C(F)(F)F)cc2)cc(Cl)c1OC. The van der Waals surface area contributed by atoms with Crippen molar-refractivity contribution < 1.29 is 27.4 Å². The lowest BCUT2D eigenvalue weighted by Crippen LogP contribution is -2.26. The summed E-state index contributed by atoms with van der Waals surface area (Å²) in [6.07, 6.45) is -4.39. The zero-order valence-corrected chi connectivity index (χ0v) is 15.1. The molecule has 0 atom stereocenters. The molecule has 8 heteroatoms. The van der Waals surface area contributed by atoms with Crippen molar-refractivity contribution in [2.45, 2.75) is 12.7 Å². The van der Waals surface area contributed by atoms with Gasteiger partial charge in [-0.15, -0.1) is 0 Å². The third-order valence-electron chi connectivity index (χ3n) is 3.73. The van der Waals surface area contributed by atoms with Gasteiger partial charge in [-0.05, 0) is 29.8 Å². The summed E-state index contributed by atoms with van der Waals surface area (Å²) in [6.45, 7) is 0.142. The summed E-state index contributed by atoms with van der Waals surface area (Å²) < 4.78 is 48.1. The molecule has 4 nitrogen and oxygen atoms in total.